The van der Waals surface area contributed by atoms with Gasteiger partial charge in [-0.15, -0.1) is 24.0 Å². The molecule has 3 heterocycles. The molecule has 0 saturated carbocycles. The summed E-state index contributed by atoms with van der Waals surface area (Å²) < 4.78 is 6.12. The fourth-order valence-corrected chi connectivity index (χ4v) is 4.67. The highest BCUT2D eigenvalue weighted by Gasteiger charge is 2.35. The number of aromatic nitrogens is 2. The highest BCUT2D eigenvalue weighted by atomic mass is 127. The normalized spacial score (nSPS) is 22.5. The smallest absolute Gasteiger partial charge is 0.225 e. The van der Waals surface area contributed by atoms with Crippen LogP contribution in [0, 0.1) is 11.3 Å². The predicted molar refractivity (Wildman–Crippen MR) is 147 cm³/mol. The maximum atomic E-state index is 6.12. The molecule has 0 spiro atoms. The zero-order chi connectivity index (χ0) is 22.8. The van der Waals surface area contributed by atoms with Crippen molar-refractivity contribution in [1.29, 1.82) is 0 Å². The van der Waals surface area contributed by atoms with Crippen LogP contribution in [0.5, 0.6) is 0 Å². The molecule has 3 rings (SSSR count). The summed E-state index contributed by atoms with van der Waals surface area (Å²) >= 11 is 0. The van der Waals surface area contributed by atoms with Crippen LogP contribution < -0.4 is 15.5 Å². The van der Waals surface area contributed by atoms with Crippen molar-refractivity contribution >= 4 is 35.9 Å². The van der Waals surface area contributed by atoms with Crippen LogP contribution in [0.4, 0.5) is 5.95 Å². The number of halogens is 1. The van der Waals surface area contributed by atoms with Crippen LogP contribution in [0.1, 0.15) is 47.0 Å². The molecule has 1 aromatic rings. The van der Waals surface area contributed by atoms with Crippen LogP contribution >= 0.6 is 24.0 Å². The minimum Gasteiger partial charge on any atom is -0.377 e. The molecule has 0 radical (unpaired) electrons. The Balaban J connectivity index is 0.00000385. The van der Waals surface area contributed by atoms with Gasteiger partial charge in [-0.3, -0.25) is 9.89 Å². The number of nitrogens with zero attached hydrogens (tertiary/aromatic N) is 5. The number of hydrogen-bond acceptors (Lipinski definition) is 6. The number of guanidine groups is 1. The largest absolute Gasteiger partial charge is 0.377 e. The molecule has 0 aromatic carbocycles. The second kappa shape index (κ2) is 14.3. The summed E-state index contributed by atoms with van der Waals surface area (Å²) in [6.45, 7) is 17.6. The predicted octanol–water partition coefficient (Wildman–Crippen LogP) is 3.00. The van der Waals surface area contributed by atoms with E-state index >= 15 is 0 Å². The number of rotatable bonds is 8. The van der Waals surface area contributed by atoms with Crippen molar-refractivity contribution in [1.82, 2.24) is 25.5 Å². The third kappa shape index (κ3) is 9.16. The SMILES string of the molecule is CCNC(=NCC1CCCOC1C(C)(C)C)NCCCN1CCN(c2ncccn2)CC1.I. The summed E-state index contributed by atoms with van der Waals surface area (Å²) in [5, 5.41) is 6.93. The molecule has 2 aliphatic rings. The van der Waals surface area contributed by atoms with Gasteiger partial charge in [-0.05, 0) is 44.2 Å². The molecule has 2 aliphatic heterocycles. The zero-order valence-corrected chi connectivity index (χ0v) is 23.3. The van der Waals surface area contributed by atoms with E-state index in [1.165, 1.54) is 6.42 Å². The second-order valence-electron chi connectivity index (χ2n) is 9.94. The third-order valence-electron chi connectivity index (χ3n) is 6.28. The molecular formula is C24H44IN7O. The summed E-state index contributed by atoms with van der Waals surface area (Å²) in [6.07, 6.45) is 7.35. The van der Waals surface area contributed by atoms with E-state index in [0.29, 0.717) is 5.92 Å². The van der Waals surface area contributed by atoms with E-state index in [9.17, 15) is 0 Å². The summed E-state index contributed by atoms with van der Waals surface area (Å²) in [5.41, 5.74) is 0.156. The first-order valence-corrected chi connectivity index (χ1v) is 12.4. The van der Waals surface area contributed by atoms with Gasteiger partial charge >= 0.3 is 0 Å². The lowest BCUT2D eigenvalue weighted by molar-refractivity contribution is -0.0823. The van der Waals surface area contributed by atoms with Crippen LogP contribution in [-0.4, -0.2) is 85.9 Å². The van der Waals surface area contributed by atoms with Crippen molar-refractivity contribution in [3.8, 4) is 0 Å². The van der Waals surface area contributed by atoms with E-state index in [0.717, 1.165) is 83.7 Å². The number of ether oxygens (including phenoxy) is 1. The first-order chi connectivity index (χ1) is 15.5. The molecule has 2 saturated heterocycles. The lowest BCUT2D eigenvalue weighted by Gasteiger charge is -2.39. The Kier molecular flexibility index (Phi) is 12.1. The Morgan fingerprint density at radius 1 is 1.15 bits per heavy atom. The number of hydrogen-bond donors (Lipinski definition) is 2. The van der Waals surface area contributed by atoms with Gasteiger partial charge in [0.15, 0.2) is 5.96 Å². The van der Waals surface area contributed by atoms with Crippen molar-refractivity contribution in [3.63, 3.8) is 0 Å². The highest BCUT2D eigenvalue weighted by molar-refractivity contribution is 14.0. The molecular weight excluding hydrogens is 529 g/mol. The molecule has 0 aliphatic carbocycles. The summed E-state index contributed by atoms with van der Waals surface area (Å²) in [7, 11) is 0. The minimum atomic E-state index is 0. The number of aliphatic imine (C=N–C) groups is 1. The fourth-order valence-electron chi connectivity index (χ4n) is 4.67. The highest BCUT2D eigenvalue weighted by Crippen LogP contribution is 2.34. The molecule has 0 amide bonds. The van der Waals surface area contributed by atoms with Gasteiger partial charge in [0.2, 0.25) is 5.95 Å². The van der Waals surface area contributed by atoms with E-state index in [-0.39, 0.29) is 35.5 Å². The van der Waals surface area contributed by atoms with Gasteiger partial charge in [-0.2, -0.15) is 0 Å². The van der Waals surface area contributed by atoms with E-state index in [2.05, 4.69) is 58.1 Å². The van der Waals surface area contributed by atoms with Gasteiger partial charge in [-0.25, -0.2) is 9.97 Å². The van der Waals surface area contributed by atoms with Gasteiger partial charge < -0.3 is 20.3 Å². The average molecular weight is 574 g/mol. The Morgan fingerprint density at radius 2 is 1.88 bits per heavy atom. The molecule has 0 bridgehead atoms. The van der Waals surface area contributed by atoms with Crippen LogP contribution in [0.2, 0.25) is 0 Å². The van der Waals surface area contributed by atoms with Crippen molar-refractivity contribution in [2.75, 3.05) is 63.9 Å². The number of anilines is 1. The van der Waals surface area contributed by atoms with Gasteiger partial charge in [-0.1, -0.05) is 20.8 Å². The Bertz CT molecular complexity index is 690. The van der Waals surface area contributed by atoms with Crippen molar-refractivity contribution in [2.45, 2.75) is 53.1 Å². The maximum absolute atomic E-state index is 6.12. The topological polar surface area (TPSA) is 77.9 Å². The quantitative estimate of drug-likeness (QED) is 0.214. The molecule has 2 atom stereocenters. The lowest BCUT2D eigenvalue weighted by Crippen LogP contribution is -2.47. The minimum absolute atomic E-state index is 0. The Labute approximate surface area is 217 Å². The summed E-state index contributed by atoms with van der Waals surface area (Å²) in [4.78, 5) is 18.4. The Hall–Kier alpha value is -1.20. The standard InChI is InChI=1S/C24H43N7O.HI/c1-5-25-22(29-19-20-9-6-18-32-21(20)24(2,3)4)26-12-8-13-30-14-16-31(17-15-30)23-27-10-7-11-28-23;/h7,10-11,20-21H,5-6,8-9,12-19H2,1-4H3,(H2,25,26,29);1H. The van der Waals surface area contributed by atoms with Gasteiger partial charge in [0.05, 0.1) is 6.10 Å². The second-order valence-corrected chi connectivity index (χ2v) is 9.94. The molecule has 188 valence electrons. The summed E-state index contributed by atoms with van der Waals surface area (Å²) in [5.74, 6) is 2.26. The van der Waals surface area contributed by atoms with E-state index in [4.69, 9.17) is 9.73 Å². The van der Waals surface area contributed by atoms with E-state index in [1.807, 2.05) is 18.5 Å². The third-order valence-corrected chi connectivity index (χ3v) is 6.28. The molecule has 33 heavy (non-hydrogen) atoms. The summed E-state index contributed by atoms with van der Waals surface area (Å²) in [6, 6.07) is 1.86. The first-order valence-electron chi connectivity index (χ1n) is 12.4. The number of nitrogens with one attached hydrogen (secondary N) is 2. The fraction of sp³-hybridized carbons (Fsp3) is 0.792. The lowest BCUT2D eigenvalue weighted by atomic mass is 9.78. The monoisotopic (exact) mass is 573 g/mol. The van der Waals surface area contributed by atoms with Gasteiger partial charge in [0.1, 0.15) is 0 Å². The van der Waals surface area contributed by atoms with Crippen molar-refractivity contribution in [3.05, 3.63) is 18.5 Å². The maximum Gasteiger partial charge on any atom is 0.225 e. The van der Waals surface area contributed by atoms with Gasteiger partial charge in [0.25, 0.3) is 0 Å². The molecule has 2 fully saturated rings. The number of piperazine rings is 1. The van der Waals surface area contributed by atoms with Crippen molar-refractivity contribution < 1.29 is 4.74 Å². The molecule has 2 unspecified atom stereocenters. The van der Waals surface area contributed by atoms with Crippen molar-refractivity contribution in [2.24, 2.45) is 16.3 Å². The zero-order valence-electron chi connectivity index (χ0n) is 20.9. The van der Waals surface area contributed by atoms with E-state index in [1.54, 1.807) is 0 Å². The molecule has 2 N–H and O–H groups in total. The van der Waals surface area contributed by atoms with Crippen LogP contribution in [0.3, 0.4) is 0 Å². The van der Waals surface area contributed by atoms with Crippen LogP contribution in [0.15, 0.2) is 23.5 Å². The molecule has 9 heteroatoms. The molecule has 8 nitrogen and oxygen atoms in total. The van der Waals surface area contributed by atoms with Gasteiger partial charge in [0, 0.05) is 70.7 Å². The van der Waals surface area contributed by atoms with Crippen LogP contribution in [0.25, 0.3) is 0 Å². The van der Waals surface area contributed by atoms with E-state index < -0.39 is 0 Å². The first kappa shape index (κ1) is 28.0. The van der Waals surface area contributed by atoms with Crippen LogP contribution in [-0.2, 0) is 4.74 Å². The average Bonchev–Trinajstić information content (AvgIpc) is 2.81. The Morgan fingerprint density at radius 3 is 2.55 bits per heavy atom. The molecule has 1 aromatic heterocycles.